The second-order valence-corrected chi connectivity index (χ2v) is 6.68. The molecule has 1 heterocycles. The molecule has 108 valence electrons. The van der Waals surface area contributed by atoms with E-state index in [-0.39, 0.29) is 18.9 Å². The topological polar surface area (TPSA) is 94.3 Å². The minimum atomic E-state index is -3.37. The molecule has 0 fully saturated rings. The Hall–Kier alpha value is -1.64. The molecule has 2 rings (SSSR count). The molecular weight excluding hydrogens is 298 g/mol. The van der Waals surface area contributed by atoms with Crippen molar-refractivity contribution in [2.75, 3.05) is 18.1 Å². The molecule has 8 heteroatoms. The van der Waals surface area contributed by atoms with Crippen molar-refractivity contribution in [2.45, 2.75) is 6.54 Å². The van der Waals surface area contributed by atoms with Gasteiger partial charge >= 0.3 is 0 Å². The molecule has 1 aromatic heterocycles. The highest BCUT2D eigenvalue weighted by Gasteiger charge is 2.10. The van der Waals surface area contributed by atoms with Crippen LogP contribution in [0.2, 0.25) is 0 Å². The van der Waals surface area contributed by atoms with Crippen molar-refractivity contribution in [1.82, 2.24) is 9.71 Å². The number of sulfonamides is 1. The number of nitrogens with one attached hydrogen (secondary N) is 1. The summed E-state index contributed by atoms with van der Waals surface area (Å²) in [4.78, 5) is 4.00. The third-order valence-corrected chi connectivity index (χ3v) is 4.38. The molecule has 0 unspecified atom stereocenters. The van der Waals surface area contributed by atoms with Crippen molar-refractivity contribution in [3.63, 3.8) is 0 Å². The van der Waals surface area contributed by atoms with Gasteiger partial charge in [-0.05, 0) is 24.3 Å². The van der Waals surface area contributed by atoms with E-state index in [9.17, 15) is 8.42 Å². The molecule has 0 amide bonds. The van der Waals surface area contributed by atoms with Gasteiger partial charge in [0.2, 0.25) is 10.0 Å². The van der Waals surface area contributed by atoms with E-state index >= 15 is 0 Å². The smallest absolute Gasteiger partial charge is 0.215 e. The quantitative estimate of drug-likeness (QED) is 0.750. The van der Waals surface area contributed by atoms with E-state index < -0.39 is 10.0 Å². The predicted molar refractivity (Wildman–Crippen MR) is 79.1 cm³/mol. The molecule has 3 N–H and O–H groups in total. The normalized spacial score (nSPS) is 11.4. The third kappa shape index (κ3) is 4.80. The van der Waals surface area contributed by atoms with Crippen molar-refractivity contribution in [2.24, 2.45) is 0 Å². The van der Waals surface area contributed by atoms with E-state index in [4.69, 9.17) is 10.5 Å². The van der Waals surface area contributed by atoms with Crippen LogP contribution in [0.5, 0.6) is 5.75 Å². The molecule has 0 bridgehead atoms. The van der Waals surface area contributed by atoms with E-state index in [1.807, 2.05) is 0 Å². The highest BCUT2D eigenvalue weighted by atomic mass is 32.2. The molecule has 0 aliphatic rings. The van der Waals surface area contributed by atoms with Gasteiger partial charge in [0.05, 0.1) is 23.5 Å². The molecule has 0 spiro atoms. The lowest BCUT2D eigenvalue weighted by atomic mass is 10.3. The monoisotopic (exact) mass is 313 g/mol. The minimum absolute atomic E-state index is 0.0797. The van der Waals surface area contributed by atoms with Crippen LogP contribution < -0.4 is 15.2 Å². The van der Waals surface area contributed by atoms with Crippen LogP contribution >= 0.6 is 11.3 Å². The van der Waals surface area contributed by atoms with Crippen LogP contribution in [0.3, 0.4) is 0 Å². The molecule has 0 aliphatic carbocycles. The summed E-state index contributed by atoms with van der Waals surface area (Å²) < 4.78 is 31.3. The maximum absolute atomic E-state index is 11.7. The number of rotatable bonds is 7. The lowest BCUT2D eigenvalue weighted by Gasteiger charge is -2.08. The first-order valence-electron chi connectivity index (χ1n) is 5.88. The zero-order valence-electron chi connectivity index (χ0n) is 10.7. The van der Waals surface area contributed by atoms with Crippen molar-refractivity contribution < 1.29 is 13.2 Å². The molecule has 0 atom stereocenters. The predicted octanol–water partition coefficient (Wildman–Crippen LogP) is 1.22. The molecule has 1 aromatic carbocycles. The van der Waals surface area contributed by atoms with Gasteiger partial charge in [0, 0.05) is 11.1 Å². The average Bonchev–Trinajstić information content (AvgIpc) is 2.92. The molecule has 2 aromatic rings. The number of nitrogens with zero attached hydrogens (tertiary/aromatic N) is 1. The number of ether oxygens (including phenoxy) is 1. The first kappa shape index (κ1) is 14.8. The Morgan fingerprint density at radius 3 is 2.70 bits per heavy atom. The van der Waals surface area contributed by atoms with Gasteiger partial charge in [0.1, 0.15) is 12.4 Å². The van der Waals surface area contributed by atoms with Gasteiger partial charge in [-0.2, -0.15) is 0 Å². The number of aromatic nitrogens is 1. The summed E-state index contributed by atoms with van der Waals surface area (Å²) in [6, 6.07) is 6.80. The first-order chi connectivity index (χ1) is 9.55. The number of anilines is 1. The Morgan fingerprint density at radius 2 is 2.05 bits per heavy atom. The standard InChI is InChI=1S/C12H15N3O3S2/c13-10-1-3-12(4-2-10)18-5-6-20(16,17)15-7-11-8-19-9-14-11/h1-4,8-9,15H,5-7,13H2. The second-order valence-electron chi connectivity index (χ2n) is 4.04. The fourth-order valence-electron chi connectivity index (χ4n) is 1.41. The largest absolute Gasteiger partial charge is 0.492 e. The highest BCUT2D eigenvalue weighted by Crippen LogP contribution is 2.12. The fraction of sp³-hybridized carbons (Fsp3) is 0.250. The highest BCUT2D eigenvalue weighted by molar-refractivity contribution is 7.89. The van der Waals surface area contributed by atoms with Crippen LogP contribution in [0.15, 0.2) is 35.2 Å². The Bertz CT molecular complexity index is 624. The van der Waals surface area contributed by atoms with Crippen LogP contribution in [0.4, 0.5) is 5.69 Å². The lowest BCUT2D eigenvalue weighted by molar-refractivity contribution is 0.340. The van der Waals surface area contributed by atoms with E-state index in [1.54, 1.807) is 35.2 Å². The maximum Gasteiger partial charge on any atom is 0.215 e. The number of nitrogen functional groups attached to an aromatic ring is 1. The Labute approximate surface area is 121 Å². The lowest BCUT2D eigenvalue weighted by Crippen LogP contribution is -2.28. The van der Waals surface area contributed by atoms with Crippen LogP contribution in [0, 0.1) is 0 Å². The fourth-order valence-corrected chi connectivity index (χ4v) is 2.79. The summed E-state index contributed by atoms with van der Waals surface area (Å²) in [5.74, 6) is 0.482. The Kier molecular flexibility index (Phi) is 4.94. The van der Waals surface area contributed by atoms with Gasteiger partial charge < -0.3 is 10.5 Å². The van der Waals surface area contributed by atoms with Crippen LogP contribution in [0.1, 0.15) is 5.69 Å². The van der Waals surface area contributed by atoms with Gasteiger partial charge in [-0.15, -0.1) is 11.3 Å². The number of hydrogen-bond donors (Lipinski definition) is 2. The summed E-state index contributed by atoms with van der Waals surface area (Å²) in [6.07, 6.45) is 0. The Morgan fingerprint density at radius 1 is 1.30 bits per heavy atom. The maximum atomic E-state index is 11.7. The van der Waals surface area contributed by atoms with Crippen molar-refractivity contribution >= 4 is 27.0 Å². The van der Waals surface area contributed by atoms with Gasteiger partial charge in [-0.1, -0.05) is 0 Å². The van der Waals surface area contributed by atoms with E-state index in [1.165, 1.54) is 11.3 Å². The van der Waals surface area contributed by atoms with E-state index in [2.05, 4.69) is 9.71 Å². The molecule has 0 radical (unpaired) electrons. The van der Waals surface area contributed by atoms with E-state index in [0.717, 1.165) is 0 Å². The molecular formula is C12H15N3O3S2. The third-order valence-electron chi connectivity index (χ3n) is 2.46. The van der Waals surface area contributed by atoms with Crippen molar-refractivity contribution in [1.29, 1.82) is 0 Å². The summed E-state index contributed by atoms with van der Waals surface area (Å²) in [7, 11) is -3.37. The van der Waals surface area contributed by atoms with Crippen molar-refractivity contribution in [3.05, 3.63) is 40.8 Å². The van der Waals surface area contributed by atoms with Gasteiger partial charge in [0.25, 0.3) is 0 Å². The summed E-state index contributed by atoms with van der Waals surface area (Å²) in [5, 5.41) is 1.80. The Balaban J connectivity index is 1.76. The number of thiazole rings is 1. The zero-order valence-corrected chi connectivity index (χ0v) is 12.3. The molecule has 0 aliphatic heterocycles. The SMILES string of the molecule is Nc1ccc(OCCS(=O)(=O)NCc2cscn2)cc1. The minimum Gasteiger partial charge on any atom is -0.492 e. The van der Waals surface area contributed by atoms with Gasteiger partial charge in [-0.25, -0.2) is 18.1 Å². The first-order valence-corrected chi connectivity index (χ1v) is 8.47. The summed E-state index contributed by atoms with van der Waals surface area (Å²) in [6.45, 7) is 0.282. The van der Waals surface area contributed by atoms with Crippen molar-refractivity contribution in [3.8, 4) is 5.75 Å². The molecule has 6 nitrogen and oxygen atoms in total. The van der Waals surface area contributed by atoms with Crippen LogP contribution in [-0.4, -0.2) is 25.8 Å². The van der Waals surface area contributed by atoms with Crippen LogP contribution in [0.25, 0.3) is 0 Å². The van der Waals surface area contributed by atoms with Crippen LogP contribution in [-0.2, 0) is 16.6 Å². The number of nitrogens with two attached hydrogens (primary N) is 1. The van der Waals surface area contributed by atoms with Gasteiger partial charge in [0.15, 0.2) is 0 Å². The summed E-state index contributed by atoms with van der Waals surface area (Å²) >= 11 is 1.43. The molecule has 20 heavy (non-hydrogen) atoms. The second kappa shape index (κ2) is 6.69. The molecule has 0 saturated heterocycles. The number of hydrogen-bond acceptors (Lipinski definition) is 6. The van der Waals surface area contributed by atoms with E-state index in [0.29, 0.717) is 17.1 Å². The summed E-state index contributed by atoms with van der Waals surface area (Å²) in [5.41, 5.74) is 8.55. The number of benzene rings is 1. The zero-order chi connectivity index (χ0) is 14.4. The van der Waals surface area contributed by atoms with Gasteiger partial charge in [-0.3, -0.25) is 0 Å². The average molecular weight is 313 g/mol. The molecule has 0 saturated carbocycles.